The predicted molar refractivity (Wildman–Crippen MR) is 130 cm³/mol. The lowest BCUT2D eigenvalue weighted by Crippen LogP contribution is -2.37. The monoisotopic (exact) mass is 427 g/mol. The van der Waals surface area contributed by atoms with E-state index in [-0.39, 0.29) is 12.0 Å². The summed E-state index contributed by atoms with van der Waals surface area (Å²) in [6.07, 6.45) is 2.81. The number of benzene rings is 3. The summed E-state index contributed by atoms with van der Waals surface area (Å²) in [5, 5.41) is 0. The van der Waals surface area contributed by atoms with Crippen LogP contribution >= 0.6 is 0 Å². The number of carbonyl (C=O) groups excluding carboxylic acids is 1. The molecule has 0 amide bonds. The fourth-order valence-corrected chi connectivity index (χ4v) is 4.41. The Labute approximate surface area is 192 Å². The molecule has 0 bridgehead atoms. The van der Waals surface area contributed by atoms with E-state index in [1.165, 1.54) is 16.7 Å². The number of nitrogens with zero attached hydrogens (tertiary/aromatic N) is 1. The minimum Gasteiger partial charge on any atom is -0.486 e. The van der Waals surface area contributed by atoms with Crippen LogP contribution in [0.2, 0.25) is 0 Å². The number of carbonyl (C=O) groups is 1. The van der Waals surface area contributed by atoms with Gasteiger partial charge in [-0.2, -0.15) is 0 Å². The first-order valence-corrected chi connectivity index (χ1v) is 11.7. The molecular formula is C29H33NO2. The molecule has 0 radical (unpaired) electrons. The maximum absolute atomic E-state index is 12.9. The van der Waals surface area contributed by atoms with Crippen LogP contribution in [0, 0.1) is 19.8 Å². The van der Waals surface area contributed by atoms with Crippen LogP contribution in [0.25, 0.3) is 0 Å². The zero-order chi connectivity index (χ0) is 22.3. The summed E-state index contributed by atoms with van der Waals surface area (Å²) in [5.41, 5.74) is 4.48. The molecule has 0 saturated carbocycles. The predicted octanol–water partition coefficient (Wildman–Crippen LogP) is 6.41. The number of Topliss-reactive ketones (excluding diaryl/α,β-unsaturated/α-hetero) is 1. The minimum atomic E-state index is 0.0193. The number of ether oxygens (including phenoxy) is 1. The number of aryl methyl sites for hydroxylation is 2. The van der Waals surface area contributed by atoms with Crippen LogP contribution < -0.4 is 4.74 Å². The average molecular weight is 428 g/mol. The van der Waals surface area contributed by atoms with Gasteiger partial charge in [-0.1, -0.05) is 77.9 Å². The summed E-state index contributed by atoms with van der Waals surface area (Å²) in [7, 11) is 0. The Hall–Kier alpha value is -2.91. The largest absolute Gasteiger partial charge is 0.486 e. The molecule has 4 rings (SSSR count). The highest BCUT2D eigenvalue weighted by Gasteiger charge is 2.26. The zero-order valence-corrected chi connectivity index (χ0v) is 19.2. The standard InChI is InChI=1S/C29H33NO2/c1-22-8-12-25(13-9-22)29(31)26-16-19-30(20-17-26)21-18-28(24-6-4-3-5-7-24)32-27-14-10-23(2)11-15-27/h3-15,26,28H,16-21H2,1-2H3. The molecule has 1 atom stereocenters. The summed E-state index contributed by atoms with van der Waals surface area (Å²) < 4.78 is 6.39. The molecule has 32 heavy (non-hydrogen) atoms. The second-order valence-corrected chi connectivity index (χ2v) is 8.97. The highest BCUT2D eigenvalue weighted by Crippen LogP contribution is 2.27. The van der Waals surface area contributed by atoms with Crippen LogP contribution in [0.4, 0.5) is 0 Å². The number of piperidine rings is 1. The summed E-state index contributed by atoms with van der Waals surface area (Å²) in [5.74, 6) is 1.35. The van der Waals surface area contributed by atoms with Gasteiger partial charge in [0.25, 0.3) is 0 Å². The second kappa shape index (κ2) is 10.6. The van der Waals surface area contributed by atoms with Crippen LogP contribution in [-0.2, 0) is 0 Å². The molecule has 1 saturated heterocycles. The van der Waals surface area contributed by atoms with Crippen molar-refractivity contribution in [1.82, 2.24) is 4.90 Å². The van der Waals surface area contributed by atoms with Crippen LogP contribution in [0.3, 0.4) is 0 Å². The molecule has 1 heterocycles. The highest BCUT2D eigenvalue weighted by molar-refractivity contribution is 5.97. The topological polar surface area (TPSA) is 29.5 Å². The molecule has 1 unspecified atom stereocenters. The number of rotatable bonds is 8. The SMILES string of the molecule is Cc1ccc(OC(CCN2CCC(C(=O)c3ccc(C)cc3)CC2)c2ccccc2)cc1. The van der Waals surface area contributed by atoms with E-state index in [0.717, 1.165) is 50.2 Å². The van der Waals surface area contributed by atoms with Crippen molar-refractivity contribution in [2.75, 3.05) is 19.6 Å². The van der Waals surface area contributed by atoms with Gasteiger partial charge in [-0.25, -0.2) is 0 Å². The third kappa shape index (κ3) is 5.86. The van der Waals surface area contributed by atoms with E-state index < -0.39 is 0 Å². The Morgan fingerprint density at radius 1 is 0.875 bits per heavy atom. The lowest BCUT2D eigenvalue weighted by atomic mass is 9.88. The van der Waals surface area contributed by atoms with E-state index in [1.807, 2.05) is 42.5 Å². The van der Waals surface area contributed by atoms with E-state index in [1.54, 1.807) is 0 Å². The summed E-state index contributed by atoms with van der Waals surface area (Å²) in [6.45, 7) is 7.04. The Morgan fingerprint density at radius 3 is 2.09 bits per heavy atom. The third-order valence-electron chi connectivity index (χ3n) is 6.47. The average Bonchev–Trinajstić information content (AvgIpc) is 2.84. The number of likely N-dealkylation sites (tertiary alicyclic amines) is 1. The first-order chi connectivity index (χ1) is 15.6. The maximum atomic E-state index is 12.9. The summed E-state index contributed by atoms with van der Waals surface area (Å²) >= 11 is 0. The van der Waals surface area contributed by atoms with Gasteiger partial charge < -0.3 is 9.64 Å². The van der Waals surface area contributed by atoms with Gasteiger partial charge in [0, 0.05) is 24.4 Å². The molecule has 0 spiro atoms. The van der Waals surface area contributed by atoms with Crippen LogP contribution in [0.15, 0.2) is 78.9 Å². The fourth-order valence-electron chi connectivity index (χ4n) is 4.41. The fraction of sp³-hybridized carbons (Fsp3) is 0.345. The third-order valence-corrected chi connectivity index (χ3v) is 6.47. The van der Waals surface area contributed by atoms with Gasteiger partial charge in [0.15, 0.2) is 5.78 Å². The Balaban J connectivity index is 1.33. The van der Waals surface area contributed by atoms with E-state index in [4.69, 9.17) is 4.74 Å². The van der Waals surface area contributed by atoms with Crippen molar-refractivity contribution in [3.05, 3.63) is 101 Å². The van der Waals surface area contributed by atoms with Crippen molar-refractivity contribution in [3.63, 3.8) is 0 Å². The van der Waals surface area contributed by atoms with Crippen molar-refractivity contribution in [2.24, 2.45) is 5.92 Å². The van der Waals surface area contributed by atoms with Crippen molar-refractivity contribution in [2.45, 2.75) is 39.2 Å². The van der Waals surface area contributed by atoms with Gasteiger partial charge in [0.1, 0.15) is 11.9 Å². The molecule has 1 fully saturated rings. The first-order valence-electron chi connectivity index (χ1n) is 11.7. The Morgan fingerprint density at radius 2 is 1.47 bits per heavy atom. The molecule has 3 nitrogen and oxygen atoms in total. The molecule has 1 aliphatic rings. The molecule has 0 aliphatic carbocycles. The van der Waals surface area contributed by atoms with Crippen molar-refractivity contribution >= 4 is 5.78 Å². The number of hydrogen-bond donors (Lipinski definition) is 0. The van der Waals surface area contributed by atoms with Gasteiger partial charge in [-0.3, -0.25) is 4.79 Å². The molecule has 0 aromatic heterocycles. The van der Waals surface area contributed by atoms with Crippen molar-refractivity contribution < 1.29 is 9.53 Å². The number of ketones is 1. The molecule has 3 heteroatoms. The van der Waals surface area contributed by atoms with Crippen molar-refractivity contribution in [3.8, 4) is 5.75 Å². The summed E-state index contributed by atoms with van der Waals surface area (Å²) in [4.78, 5) is 15.3. The van der Waals surface area contributed by atoms with E-state index >= 15 is 0 Å². The lowest BCUT2D eigenvalue weighted by molar-refractivity contribution is 0.0822. The minimum absolute atomic E-state index is 0.0193. The van der Waals surface area contributed by atoms with Gasteiger partial charge >= 0.3 is 0 Å². The van der Waals surface area contributed by atoms with Crippen LogP contribution in [0.5, 0.6) is 5.75 Å². The van der Waals surface area contributed by atoms with Gasteiger partial charge in [0.05, 0.1) is 0 Å². The smallest absolute Gasteiger partial charge is 0.166 e. The normalized spacial score (nSPS) is 15.9. The molecule has 166 valence electrons. The second-order valence-electron chi connectivity index (χ2n) is 8.97. The van der Waals surface area contributed by atoms with Gasteiger partial charge in [-0.05, 0) is 57.5 Å². The van der Waals surface area contributed by atoms with E-state index in [0.29, 0.717) is 5.78 Å². The van der Waals surface area contributed by atoms with Crippen LogP contribution in [-0.4, -0.2) is 30.3 Å². The van der Waals surface area contributed by atoms with Gasteiger partial charge in [-0.15, -0.1) is 0 Å². The highest BCUT2D eigenvalue weighted by atomic mass is 16.5. The molecule has 3 aromatic carbocycles. The molecule has 0 N–H and O–H groups in total. The van der Waals surface area contributed by atoms with E-state index in [2.05, 4.69) is 55.1 Å². The quantitative estimate of drug-likeness (QED) is 0.389. The molecule has 1 aliphatic heterocycles. The summed E-state index contributed by atoms with van der Waals surface area (Å²) in [6, 6.07) is 26.8. The number of hydrogen-bond acceptors (Lipinski definition) is 3. The lowest BCUT2D eigenvalue weighted by Gasteiger charge is -2.32. The van der Waals surface area contributed by atoms with E-state index in [9.17, 15) is 4.79 Å². The van der Waals surface area contributed by atoms with Crippen molar-refractivity contribution in [1.29, 1.82) is 0 Å². The molecule has 3 aromatic rings. The Kier molecular flexibility index (Phi) is 7.39. The van der Waals surface area contributed by atoms with Gasteiger partial charge in [0.2, 0.25) is 0 Å². The first kappa shape index (κ1) is 22.3. The maximum Gasteiger partial charge on any atom is 0.166 e. The zero-order valence-electron chi connectivity index (χ0n) is 19.2. The Bertz CT molecular complexity index is 988. The molecular weight excluding hydrogens is 394 g/mol. The van der Waals surface area contributed by atoms with Crippen LogP contribution in [0.1, 0.15) is 52.4 Å².